The maximum absolute atomic E-state index is 12.2. The molecule has 1 rings (SSSR count). The van der Waals surface area contributed by atoms with E-state index >= 15 is 0 Å². The maximum Gasteiger partial charge on any atom is 2.00 e. The number of rotatable bonds is 5. The summed E-state index contributed by atoms with van der Waals surface area (Å²) in [6, 6.07) is 0. The van der Waals surface area contributed by atoms with E-state index in [1.807, 2.05) is 13.8 Å². The van der Waals surface area contributed by atoms with Crippen molar-refractivity contribution in [1.82, 2.24) is 0 Å². The fourth-order valence-corrected chi connectivity index (χ4v) is 2.03. The van der Waals surface area contributed by atoms with Gasteiger partial charge in [0.25, 0.3) is 0 Å². The van der Waals surface area contributed by atoms with Crippen LogP contribution in [0, 0.1) is 43.5 Å². The number of halogens is 2. The van der Waals surface area contributed by atoms with E-state index in [1.54, 1.807) is 6.92 Å². The summed E-state index contributed by atoms with van der Waals surface area (Å²) >= 11 is 0. The van der Waals surface area contributed by atoms with E-state index in [2.05, 4.69) is 20.1 Å². The Hall–Kier alpha value is 0.252. The van der Waals surface area contributed by atoms with E-state index in [1.165, 1.54) is 12.8 Å². The van der Waals surface area contributed by atoms with Crippen molar-refractivity contribution in [2.75, 3.05) is 6.67 Å². The molecule has 2 nitrogen and oxygen atoms in total. The summed E-state index contributed by atoms with van der Waals surface area (Å²) in [4.78, 5) is 20.7. The van der Waals surface area contributed by atoms with Gasteiger partial charge in [-0.25, -0.2) is 8.78 Å². The number of hydrogen-bond donors (Lipinski definition) is 0. The zero-order valence-electron chi connectivity index (χ0n) is 15.7. The Labute approximate surface area is 165 Å². The van der Waals surface area contributed by atoms with Crippen molar-refractivity contribution in [3.63, 3.8) is 0 Å². The van der Waals surface area contributed by atoms with Crippen LogP contribution >= 0.6 is 0 Å². The summed E-state index contributed by atoms with van der Waals surface area (Å²) < 4.78 is 23.6. The number of carbonyl (C=O) groups is 1. The number of carbonyl (C=O) groups excluding carboxylic acids is 2. The van der Waals surface area contributed by atoms with Gasteiger partial charge in [0.05, 0.1) is 0 Å². The SMILES string of the molecule is CC.CC(=O)C(C)(F)CF.CCCC1([C-]=O)CCCC1.[CH2-]C.[U+2]. The monoisotopic (exact) mass is 558 g/mol. The molecule has 0 heterocycles. The first-order chi connectivity index (χ1) is 10.3. The second-order valence-corrected chi connectivity index (χ2v) is 5.23. The Morgan fingerprint density at radius 1 is 1.26 bits per heavy atom. The molecular weight excluding hydrogens is 524 g/mol. The zero-order chi connectivity index (χ0) is 18.2. The van der Waals surface area contributed by atoms with E-state index in [-0.39, 0.29) is 36.5 Å². The van der Waals surface area contributed by atoms with Gasteiger partial charge < -0.3 is 11.7 Å². The molecule has 1 atom stereocenters. The Balaban J connectivity index is -0.000000126. The van der Waals surface area contributed by atoms with Crippen LogP contribution in [-0.2, 0) is 9.59 Å². The Kier molecular flexibility index (Phi) is 25.1. The van der Waals surface area contributed by atoms with Gasteiger partial charge in [-0.1, -0.05) is 59.3 Å². The van der Waals surface area contributed by atoms with Gasteiger partial charge >= 0.3 is 31.1 Å². The minimum atomic E-state index is -2.26. The first kappa shape index (κ1) is 31.1. The van der Waals surface area contributed by atoms with Gasteiger partial charge in [0.15, 0.2) is 11.5 Å². The number of hydrogen-bond acceptors (Lipinski definition) is 2. The third-order valence-corrected chi connectivity index (χ3v) is 3.49. The Morgan fingerprint density at radius 2 is 1.65 bits per heavy atom. The first-order valence-electron chi connectivity index (χ1n) is 8.19. The van der Waals surface area contributed by atoms with Gasteiger partial charge in [0, 0.05) is 0 Å². The molecule has 0 bridgehead atoms. The van der Waals surface area contributed by atoms with E-state index in [4.69, 9.17) is 0 Å². The van der Waals surface area contributed by atoms with Crippen molar-refractivity contribution in [2.45, 2.75) is 85.7 Å². The molecule has 1 fully saturated rings. The number of ketones is 1. The molecule has 1 saturated carbocycles. The van der Waals surface area contributed by atoms with Gasteiger partial charge in [0.1, 0.15) is 6.67 Å². The van der Waals surface area contributed by atoms with Crippen molar-refractivity contribution < 1.29 is 49.5 Å². The molecule has 1 aliphatic carbocycles. The van der Waals surface area contributed by atoms with Gasteiger partial charge in [-0.3, -0.25) is 11.1 Å². The summed E-state index contributed by atoms with van der Waals surface area (Å²) in [5.41, 5.74) is -2.28. The topological polar surface area (TPSA) is 34.1 Å². The average molecular weight is 558 g/mol. The third kappa shape index (κ3) is 14.3. The van der Waals surface area contributed by atoms with Gasteiger partial charge in [-0.2, -0.15) is 6.92 Å². The molecule has 0 aromatic rings. The normalized spacial score (nSPS) is 16.6. The molecule has 0 aliphatic heterocycles. The summed E-state index contributed by atoms with van der Waals surface area (Å²) in [6.07, 6.45) is 9.04. The largest absolute Gasteiger partial charge is 2.00 e. The molecular formula is C18H34F2O2U. The predicted octanol–water partition coefficient (Wildman–Crippen LogP) is 5.60. The molecule has 0 spiro atoms. The van der Waals surface area contributed by atoms with Crippen LogP contribution in [0.3, 0.4) is 0 Å². The van der Waals surface area contributed by atoms with Crippen LogP contribution in [-0.4, -0.2) is 24.4 Å². The quantitative estimate of drug-likeness (QED) is 0.412. The first-order valence-corrected chi connectivity index (χ1v) is 8.19. The molecule has 23 heavy (non-hydrogen) atoms. The van der Waals surface area contributed by atoms with Crippen molar-refractivity contribution in [3.8, 4) is 0 Å². The summed E-state index contributed by atoms with van der Waals surface area (Å²) in [5, 5.41) is 0. The standard InChI is InChI=1S/C9H15O.C5H8F2O.C2H6.C2H5.U/c1-2-5-9(8-10)6-3-4-7-9;1-4(8)5(2,7)3-6;2*1-2;/h2-7H2,1H3;3H2,1-2H3;1-2H3;1H2,2H3;/q-1;;;-1;+2. The van der Waals surface area contributed by atoms with E-state index in [0.29, 0.717) is 0 Å². The second kappa shape index (κ2) is 18.6. The van der Waals surface area contributed by atoms with Crippen molar-refractivity contribution in [3.05, 3.63) is 6.92 Å². The summed E-state index contributed by atoms with van der Waals surface area (Å²) in [5.74, 6) is -0.764. The number of Topliss-reactive ketones (excluding diaryl/α,β-unsaturated/α-hetero) is 1. The van der Waals surface area contributed by atoms with Crippen LogP contribution in [0.1, 0.15) is 80.1 Å². The molecule has 0 aromatic heterocycles. The molecule has 5 heteroatoms. The fraction of sp³-hybridized carbons (Fsp3) is 0.833. The zero-order valence-corrected chi connectivity index (χ0v) is 19.9. The Morgan fingerprint density at radius 3 is 1.83 bits per heavy atom. The predicted molar refractivity (Wildman–Crippen MR) is 90.1 cm³/mol. The molecule has 1 unspecified atom stereocenters. The summed E-state index contributed by atoms with van der Waals surface area (Å²) in [6.45, 7) is 11.9. The van der Waals surface area contributed by atoms with Gasteiger partial charge in [0.2, 0.25) is 0 Å². The molecule has 136 valence electrons. The van der Waals surface area contributed by atoms with Crippen molar-refractivity contribution >= 4 is 12.1 Å². The van der Waals surface area contributed by atoms with E-state index in [0.717, 1.165) is 39.5 Å². The van der Waals surface area contributed by atoms with Gasteiger partial charge in [-0.15, -0.1) is 5.41 Å². The molecule has 0 aromatic carbocycles. The second-order valence-electron chi connectivity index (χ2n) is 5.23. The van der Waals surface area contributed by atoms with Crippen molar-refractivity contribution in [1.29, 1.82) is 0 Å². The maximum atomic E-state index is 12.2. The molecule has 0 N–H and O–H groups in total. The third-order valence-electron chi connectivity index (χ3n) is 3.49. The minimum absolute atomic E-state index is 0. The molecule has 0 saturated heterocycles. The average Bonchev–Trinajstić information content (AvgIpc) is 3.01. The molecule has 1 aliphatic rings. The summed E-state index contributed by atoms with van der Waals surface area (Å²) in [7, 11) is 0. The van der Waals surface area contributed by atoms with Crippen LogP contribution in [0.25, 0.3) is 0 Å². The van der Waals surface area contributed by atoms with E-state index in [9.17, 15) is 18.4 Å². The molecule has 0 amide bonds. The number of alkyl halides is 2. The fourth-order valence-electron chi connectivity index (χ4n) is 2.03. The smallest absolute Gasteiger partial charge is 0.541 e. The molecule has 0 radical (unpaired) electrons. The van der Waals surface area contributed by atoms with Crippen LogP contribution in [0.15, 0.2) is 0 Å². The van der Waals surface area contributed by atoms with Crippen LogP contribution < -0.4 is 0 Å². The minimum Gasteiger partial charge on any atom is -0.541 e. The van der Waals surface area contributed by atoms with E-state index < -0.39 is 18.1 Å². The Bertz CT molecular complexity index is 276. The van der Waals surface area contributed by atoms with Crippen LogP contribution in [0.5, 0.6) is 0 Å². The van der Waals surface area contributed by atoms with Crippen LogP contribution in [0.2, 0.25) is 0 Å². The van der Waals surface area contributed by atoms with Crippen LogP contribution in [0.4, 0.5) is 8.78 Å². The van der Waals surface area contributed by atoms with Gasteiger partial charge in [-0.05, 0) is 13.8 Å². The van der Waals surface area contributed by atoms with Crippen molar-refractivity contribution in [2.24, 2.45) is 5.41 Å².